The Kier molecular flexibility index (Phi) is 4.32. The van der Waals surface area contributed by atoms with Gasteiger partial charge < -0.3 is 10.0 Å². The maximum Gasteiger partial charge on any atom is 0.106 e. The van der Waals surface area contributed by atoms with Crippen molar-refractivity contribution in [3.05, 3.63) is 29.3 Å². The Balaban J connectivity index is 3.02. The number of hydrogen-bond donors (Lipinski definition) is 1. The van der Waals surface area contributed by atoms with Crippen LogP contribution in [0.15, 0.2) is 18.2 Å². The van der Waals surface area contributed by atoms with E-state index in [9.17, 15) is 0 Å². The molecule has 0 radical (unpaired) electrons. The Bertz CT molecular complexity index is 427. The minimum absolute atomic E-state index is 0.00236. The fraction of sp³-hybridized carbons (Fsp3) is 0.333. The van der Waals surface area contributed by atoms with Crippen LogP contribution in [-0.2, 0) is 6.61 Å². The van der Waals surface area contributed by atoms with E-state index < -0.39 is 0 Å². The molecule has 0 spiro atoms. The molecule has 1 aromatic rings. The lowest BCUT2D eigenvalue weighted by molar-refractivity contribution is 0.282. The zero-order valence-electron chi connectivity index (χ0n) is 9.14. The van der Waals surface area contributed by atoms with Gasteiger partial charge in [0.25, 0.3) is 0 Å². The standard InChI is InChI=1S/C12H13N3O/c1-10-8-11(9-16)2-3-12(10)15(6-4-13)7-5-14/h2-3,8,16H,6-7,9H2,1H3. The predicted molar refractivity (Wildman–Crippen MR) is 60.5 cm³/mol. The second kappa shape index (κ2) is 5.75. The third kappa shape index (κ3) is 2.73. The van der Waals surface area contributed by atoms with E-state index >= 15 is 0 Å². The van der Waals surface area contributed by atoms with Crippen LogP contribution >= 0.6 is 0 Å². The van der Waals surface area contributed by atoms with Gasteiger partial charge in [-0.15, -0.1) is 0 Å². The minimum Gasteiger partial charge on any atom is -0.392 e. The molecular formula is C12H13N3O. The number of aryl methyl sites for hydroxylation is 1. The molecule has 0 aromatic heterocycles. The van der Waals surface area contributed by atoms with E-state index in [4.69, 9.17) is 15.6 Å². The van der Waals surface area contributed by atoms with E-state index in [1.54, 1.807) is 11.0 Å². The number of nitriles is 2. The molecule has 1 N–H and O–H groups in total. The SMILES string of the molecule is Cc1cc(CO)ccc1N(CC#N)CC#N. The molecular weight excluding hydrogens is 202 g/mol. The molecule has 0 heterocycles. The van der Waals surface area contributed by atoms with E-state index in [0.29, 0.717) is 0 Å². The maximum absolute atomic E-state index is 8.98. The van der Waals surface area contributed by atoms with Crippen molar-refractivity contribution in [2.24, 2.45) is 0 Å². The molecule has 0 saturated heterocycles. The van der Waals surface area contributed by atoms with Crippen molar-refractivity contribution in [2.75, 3.05) is 18.0 Å². The highest BCUT2D eigenvalue weighted by molar-refractivity contribution is 5.55. The summed E-state index contributed by atoms with van der Waals surface area (Å²) in [4.78, 5) is 1.70. The van der Waals surface area contributed by atoms with Gasteiger partial charge in [-0.05, 0) is 24.1 Å². The van der Waals surface area contributed by atoms with Gasteiger partial charge >= 0.3 is 0 Å². The molecule has 0 atom stereocenters. The second-order valence-electron chi connectivity index (χ2n) is 3.45. The van der Waals surface area contributed by atoms with Gasteiger partial charge in [0.2, 0.25) is 0 Å². The van der Waals surface area contributed by atoms with Crippen LogP contribution in [0, 0.1) is 29.6 Å². The molecule has 1 aromatic carbocycles. The Labute approximate surface area is 95.0 Å². The number of rotatable bonds is 4. The first-order valence-electron chi connectivity index (χ1n) is 4.92. The molecule has 1 rings (SSSR count). The molecule has 0 unspecified atom stereocenters. The van der Waals surface area contributed by atoms with Gasteiger partial charge in [-0.3, -0.25) is 0 Å². The average Bonchev–Trinajstić information content (AvgIpc) is 2.29. The topological polar surface area (TPSA) is 71.0 Å². The van der Waals surface area contributed by atoms with Crippen LogP contribution in [0.2, 0.25) is 0 Å². The number of hydrogen-bond acceptors (Lipinski definition) is 4. The van der Waals surface area contributed by atoms with E-state index in [2.05, 4.69) is 0 Å². The van der Waals surface area contributed by atoms with E-state index in [0.717, 1.165) is 16.8 Å². The highest BCUT2D eigenvalue weighted by Gasteiger charge is 2.08. The molecule has 0 aliphatic rings. The third-order valence-corrected chi connectivity index (χ3v) is 2.31. The average molecular weight is 215 g/mol. The van der Waals surface area contributed by atoms with Gasteiger partial charge in [-0.1, -0.05) is 12.1 Å². The summed E-state index contributed by atoms with van der Waals surface area (Å²) in [6.45, 7) is 2.27. The molecule has 82 valence electrons. The van der Waals surface area contributed by atoms with Crippen molar-refractivity contribution in [1.82, 2.24) is 0 Å². The highest BCUT2D eigenvalue weighted by Crippen LogP contribution is 2.20. The number of aliphatic hydroxyl groups excluding tert-OH is 1. The van der Waals surface area contributed by atoms with Crippen molar-refractivity contribution in [3.63, 3.8) is 0 Å². The van der Waals surface area contributed by atoms with Crippen LogP contribution < -0.4 is 4.90 Å². The third-order valence-electron chi connectivity index (χ3n) is 2.31. The summed E-state index contributed by atoms with van der Waals surface area (Å²) in [5.74, 6) is 0. The Morgan fingerprint density at radius 1 is 1.25 bits per heavy atom. The summed E-state index contributed by atoms with van der Waals surface area (Å²) >= 11 is 0. The van der Waals surface area contributed by atoms with Crippen molar-refractivity contribution < 1.29 is 5.11 Å². The second-order valence-corrected chi connectivity index (χ2v) is 3.45. The normalized spacial score (nSPS) is 9.25. The van der Waals surface area contributed by atoms with Crippen LogP contribution in [0.5, 0.6) is 0 Å². The molecule has 0 bridgehead atoms. The first kappa shape index (κ1) is 12.0. The lowest BCUT2D eigenvalue weighted by Gasteiger charge is -2.20. The Morgan fingerprint density at radius 3 is 2.31 bits per heavy atom. The van der Waals surface area contributed by atoms with Crippen LogP contribution in [-0.4, -0.2) is 18.2 Å². The Hall–Kier alpha value is -2.04. The molecule has 0 aliphatic heterocycles. The summed E-state index contributed by atoms with van der Waals surface area (Å²) < 4.78 is 0. The smallest absolute Gasteiger partial charge is 0.106 e. The van der Waals surface area contributed by atoms with Crippen LogP contribution in [0.1, 0.15) is 11.1 Å². The molecule has 4 nitrogen and oxygen atoms in total. The van der Waals surface area contributed by atoms with E-state index in [1.165, 1.54) is 0 Å². The highest BCUT2D eigenvalue weighted by atomic mass is 16.3. The summed E-state index contributed by atoms with van der Waals surface area (Å²) in [6.07, 6.45) is 0. The van der Waals surface area contributed by atoms with Gasteiger partial charge in [-0.2, -0.15) is 10.5 Å². The lowest BCUT2D eigenvalue weighted by Crippen LogP contribution is -2.24. The summed E-state index contributed by atoms with van der Waals surface area (Å²) in [5.41, 5.74) is 2.65. The fourth-order valence-electron chi connectivity index (χ4n) is 1.57. The zero-order chi connectivity index (χ0) is 12.0. The summed E-state index contributed by atoms with van der Waals surface area (Å²) in [7, 11) is 0. The number of benzene rings is 1. The monoisotopic (exact) mass is 215 g/mol. The van der Waals surface area contributed by atoms with Crippen LogP contribution in [0.3, 0.4) is 0 Å². The largest absolute Gasteiger partial charge is 0.392 e. The minimum atomic E-state index is -0.00236. The maximum atomic E-state index is 8.98. The molecule has 16 heavy (non-hydrogen) atoms. The number of aliphatic hydroxyl groups is 1. The van der Waals surface area contributed by atoms with Gasteiger partial charge in [-0.25, -0.2) is 0 Å². The summed E-state index contributed by atoms with van der Waals surface area (Å²) in [6, 6.07) is 9.55. The quantitative estimate of drug-likeness (QED) is 0.769. The molecule has 4 heteroatoms. The van der Waals surface area contributed by atoms with Gasteiger partial charge in [0.15, 0.2) is 0 Å². The Morgan fingerprint density at radius 2 is 1.88 bits per heavy atom. The van der Waals surface area contributed by atoms with E-state index in [1.807, 2.05) is 31.2 Å². The molecule has 0 aliphatic carbocycles. The molecule has 0 fully saturated rings. The van der Waals surface area contributed by atoms with Crippen molar-refractivity contribution in [3.8, 4) is 12.1 Å². The van der Waals surface area contributed by atoms with Crippen LogP contribution in [0.25, 0.3) is 0 Å². The van der Waals surface area contributed by atoms with Gasteiger partial charge in [0.1, 0.15) is 13.1 Å². The lowest BCUT2D eigenvalue weighted by atomic mass is 10.1. The zero-order valence-corrected chi connectivity index (χ0v) is 9.14. The number of nitrogens with zero attached hydrogens (tertiary/aromatic N) is 3. The number of anilines is 1. The first-order valence-corrected chi connectivity index (χ1v) is 4.92. The van der Waals surface area contributed by atoms with Gasteiger partial charge in [0, 0.05) is 5.69 Å². The van der Waals surface area contributed by atoms with Crippen molar-refractivity contribution in [2.45, 2.75) is 13.5 Å². The van der Waals surface area contributed by atoms with Gasteiger partial charge in [0.05, 0.1) is 18.7 Å². The molecule has 0 saturated carbocycles. The van der Waals surface area contributed by atoms with Crippen molar-refractivity contribution >= 4 is 5.69 Å². The predicted octanol–water partition coefficient (Wildman–Crippen LogP) is 1.34. The van der Waals surface area contributed by atoms with E-state index in [-0.39, 0.29) is 19.7 Å². The van der Waals surface area contributed by atoms with Crippen molar-refractivity contribution in [1.29, 1.82) is 10.5 Å². The summed E-state index contributed by atoms with van der Waals surface area (Å²) in [5, 5.41) is 26.3. The first-order chi connectivity index (χ1) is 7.72. The fourth-order valence-corrected chi connectivity index (χ4v) is 1.57. The molecule has 0 amide bonds. The van der Waals surface area contributed by atoms with Crippen LogP contribution in [0.4, 0.5) is 5.69 Å².